The van der Waals surface area contributed by atoms with E-state index in [1.165, 1.54) is 99.4 Å². The smallest absolute Gasteiger partial charge is 0.252 e. The summed E-state index contributed by atoms with van der Waals surface area (Å²) in [5.74, 6) is 0. The van der Waals surface area contributed by atoms with E-state index in [0.717, 1.165) is 51.2 Å². The van der Waals surface area contributed by atoms with Gasteiger partial charge in [-0.05, 0) is 172 Å². The molecule has 19 aromatic carbocycles. The molecule has 0 saturated heterocycles. The number of rotatable bonds is 21. The summed E-state index contributed by atoms with van der Waals surface area (Å²) in [7, 11) is -13.7. The van der Waals surface area contributed by atoms with Crippen LogP contribution in [0, 0.1) is 0 Å². The highest BCUT2D eigenvalue weighted by atomic mass is 28.3. The molecule has 8 heteroatoms. The van der Waals surface area contributed by atoms with Gasteiger partial charge in [-0.2, -0.15) is 0 Å². The molecule has 122 heavy (non-hydrogen) atoms. The van der Waals surface area contributed by atoms with Crippen LogP contribution in [0.1, 0.15) is 0 Å². The molecule has 3 nitrogen and oxygen atoms in total. The predicted octanol–water partition coefficient (Wildman–Crippen LogP) is 14.7. The first-order valence-electron chi connectivity index (χ1n) is 42.4. The molecule has 2 aliphatic rings. The molecule has 0 bridgehead atoms. The quantitative estimate of drug-likeness (QED) is 0.0524. The fourth-order valence-corrected chi connectivity index (χ4v) is 40.3. The van der Waals surface area contributed by atoms with Crippen LogP contribution in [0.2, 0.25) is 0 Å². The van der Waals surface area contributed by atoms with Gasteiger partial charge in [-0.25, -0.2) is 0 Å². The van der Waals surface area contributed by atoms with E-state index in [4.69, 9.17) is 0 Å². The van der Waals surface area contributed by atoms with Crippen molar-refractivity contribution in [2.24, 2.45) is 0 Å². The predicted molar refractivity (Wildman–Crippen MR) is 530 cm³/mol. The molecule has 19 aromatic rings. The van der Waals surface area contributed by atoms with Crippen LogP contribution in [0.5, 0.6) is 0 Å². The van der Waals surface area contributed by atoms with Crippen molar-refractivity contribution in [2.75, 3.05) is 14.7 Å². The lowest BCUT2D eigenvalue weighted by Gasteiger charge is -2.46. The van der Waals surface area contributed by atoms with E-state index < -0.39 is 32.3 Å². The van der Waals surface area contributed by atoms with Crippen molar-refractivity contribution in [3.05, 3.63) is 522 Å². The number of benzene rings is 19. The largest absolute Gasteiger partial charge is 0.311 e. The number of anilines is 9. The first-order valence-corrected chi connectivity index (χ1v) is 50.4. The Balaban J connectivity index is 0.950. The molecule has 0 unspecified atom stereocenters. The van der Waals surface area contributed by atoms with Crippen LogP contribution in [-0.2, 0) is 0 Å². The summed E-state index contributed by atoms with van der Waals surface area (Å²) in [4.78, 5) is 7.94. The van der Waals surface area contributed by atoms with Crippen molar-refractivity contribution in [3.8, 4) is 0 Å². The van der Waals surface area contributed by atoms with Gasteiger partial charge in [0.2, 0.25) is 0 Å². The van der Waals surface area contributed by atoms with Crippen LogP contribution in [0.15, 0.2) is 522 Å². The second-order valence-electron chi connectivity index (χ2n) is 32.1. The molecule has 21 rings (SSSR count). The summed E-state index contributed by atoms with van der Waals surface area (Å²) in [6.45, 7) is -0.239. The van der Waals surface area contributed by atoms with Gasteiger partial charge in [0, 0.05) is 45.5 Å². The van der Waals surface area contributed by atoms with Crippen LogP contribution in [0.25, 0.3) is 0 Å². The van der Waals surface area contributed by atoms with Crippen molar-refractivity contribution >= 4 is 190 Å². The van der Waals surface area contributed by atoms with Gasteiger partial charge in [0.25, 0.3) is 6.71 Å². The van der Waals surface area contributed by atoms with E-state index in [9.17, 15) is 0 Å². The second-order valence-corrected chi connectivity index (χ2v) is 47.3. The van der Waals surface area contributed by atoms with E-state index in [-0.39, 0.29) is 6.71 Å². The number of fused-ring (bicyclic) bond motifs is 4. The van der Waals surface area contributed by atoms with Gasteiger partial charge in [-0.3, -0.25) is 0 Å². The summed E-state index contributed by atoms with van der Waals surface area (Å²) < 4.78 is 0. The van der Waals surface area contributed by atoms with E-state index in [0.29, 0.717) is 0 Å². The normalized spacial score (nSPS) is 12.4. The maximum absolute atomic E-state index is 3.43. The molecular weight excluding hydrogens is 1530 g/mol. The van der Waals surface area contributed by atoms with E-state index >= 15 is 0 Å². The maximum Gasteiger partial charge on any atom is 0.252 e. The van der Waals surface area contributed by atoms with Crippen LogP contribution in [0.4, 0.5) is 51.2 Å². The van der Waals surface area contributed by atoms with E-state index in [1.54, 1.807) is 0 Å². The van der Waals surface area contributed by atoms with Gasteiger partial charge in [0.15, 0.2) is 32.3 Å². The van der Waals surface area contributed by atoms with Gasteiger partial charge >= 0.3 is 0 Å². The zero-order valence-electron chi connectivity index (χ0n) is 67.6. The summed E-state index contributed by atoms with van der Waals surface area (Å²) in [5.41, 5.74) is 13.4. The monoisotopic (exact) mass is 1620 g/mol. The highest BCUT2D eigenvalue weighted by Gasteiger charge is 2.51. The Morgan fingerprint density at radius 3 is 0.541 bits per heavy atom. The summed E-state index contributed by atoms with van der Waals surface area (Å²) in [6.07, 6.45) is 0. The average molecular weight is 1620 g/mol. The summed E-state index contributed by atoms with van der Waals surface area (Å²) in [6, 6.07) is 201. The fraction of sp³-hybridized carbons (Fsp3) is 0. The third kappa shape index (κ3) is 12.5. The van der Waals surface area contributed by atoms with Crippen molar-refractivity contribution in [2.45, 2.75) is 0 Å². The van der Waals surface area contributed by atoms with Gasteiger partial charge in [-0.1, -0.05) is 449 Å². The minimum absolute atomic E-state index is 0.239. The van der Waals surface area contributed by atoms with Crippen LogP contribution >= 0.6 is 0 Å². The van der Waals surface area contributed by atoms with Crippen LogP contribution < -0.4 is 114 Å². The van der Waals surface area contributed by atoms with Crippen molar-refractivity contribution in [3.63, 3.8) is 0 Å². The molecule has 0 saturated carbocycles. The minimum Gasteiger partial charge on any atom is -0.311 e. The SMILES string of the molecule is c1ccc(N(c2ccccc2)c2cc3c4c(c2)N(c2cc([Si](c5ccccc5)(c5ccccc5)c5ccccc5)cc([Si](c5ccccc5)(c5ccccc5)c5ccccc5)c2)c2ccccc2B4c2ccccc2N3c2cc([Si](c3ccccc3)(c3ccccc3)c3ccccc3)cc([Si](c3ccccc3)(c3ccccc3)c3ccccc3)c2)cc1. The lowest BCUT2D eigenvalue weighted by atomic mass is 9.33. The van der Waals surface area contributed by atoms with Crippen LogP contribution in [0.3, 0.4) is 0 Å². The molecule has 0 spiro atoms. The standard InChI is InChI=1S/C114H86BN3Si4/c1-15-47-87(48-16-1)116(88-49-17-2-18-50-88)91-83-112-114-113(84-91)118(90-81-106(121(98-63-31-9-32-64-98,99-65-33-10-34-66-99)100-67-35-11-36-68-100)86-107(82-90)122(101-69-37-12-38-70-101,102-71-39-13-40-72-102)103-73-41-14-42-74-103)111-78-46-44-76-109(111)115(114)108-75-43-45-77-110(108)117(112)89-79-104(119(92-51-19-3-20-52-92,93-53-21-4-22-54-93)94-55-23-5-24-56-94)85-105(80-89)120(95-57-25-6-26-58-95,96-59-27-7-28-60-96)97-61-29-8-30-62-97/h1-86H. The average Bonchev–Trinajstić information content (AvgIpc) is 0.680. The third-order valence-corrected chi connectivity index (χ3v) is 44.7. The molecule has 0 fully saturated rings. The van der Waals surface area contributed by atoms with Crippen LogP contribution in [-0.4, -0.2) is 39.0 Å². The van der Waals surface area contributed by atoms with Gasteiger partial charge in [0.05, 0.1) is 5.69 Å². The molecule has 0 atom stereocenters. The Morgan fingerprint density at radius 2 is 0.336 bits per heavy atom. The van der Waals surface area contributed by atoms with Crippen molar-refractivity contribution < 1.29 is 0 Å². The molecule has 2 aliphatic heterocycles. The lowest BCUT2D eigenvalue weighted by Crippen LogP contribution is -2.78. The van der Waals surface area contributed by atoms with E-state index in [1.807, 2.05) is 0 Å². The minimum atomic E-state index is -3.43. The molecular formula is C114H86BN3Si4. The highest BCUT2D eigenvalue weighted by Crippen LogP contribution is 2.48. The number of nitrogens with zero attached hydrogens (tertiary/aromatic N) is 3. The Bertz CT molecular complexity index is 5770. The molecule has 0 aromatic heterocycles. The highest BCUT2D eigenvalue weighted by molar-refractivity contribution is 7.23. The second kappa shape index (κ2) is 32.3. The Morgan fingerprint density at radius 1 is 0.156 bits per heavy atom. The lowest BCUT2D eigenvalue weighted by molar-refractivity contribution is 1.23. The fourth-order valence-electron chi connectivity index (χ4n) is 20.8. The molecule has 0 aliphatic carbocycles. The number of hydrogen-bond acceptors (Lipinski definition) is 3. The molecule has 0 amide bonds. The van der Waals surface area contributed by atoms with Crippen molar-refractivity contribution in [1.29, 1.82) is 0 Å². The number of hydrogen-bond donors (Lipinski definition) is 0. The molecule has 2 heterocycles. The Labute approximate surface area is 720 Å². The Kier molecular flexibility index (Phi) is 19.9. The first-order chi connectivity index (χ1) is 60.5. The zero-order chi connectivity index (χ0) is 81.3. The molecule has 0 radical (unpaired) electrons. The van der Waals surface area contributed by atoms with E-state index in [2.05, 4.69) is 536 Å². The topological polar surface area (TPSA) is 9.72 Å². The maximum atomic E-state index is 2.72. The molecule has 576 valence electrons. The van der Waals surface area contributed by atoms with Crippen molar-refractivity contribution in [1.82, 2.24) is 0 Å². The third-order valence-electron chi connectivity index (χ3n) is 25.7. The summed E-state index contributed by atoms with van der Waals surface area (Å²) in [5, 5.41) is 20.8. The first kappa shape index (κ1) is 75.0. The summed E-state index contributed by atoms with van der Waals surface area (Å²) >= 11 is 0. The zero-order valence-corrected chi connectivity index (χ0v) is 71.6. The Hall–Kier alpha value is -14.5. The van der Waals surface area contributed by atoms with Gasteiger partial charge in [-0.15, -0.1) is 0 Å². The van der Waals surface area contributed by atoms with Gasteiger partial charge < -0.3 is 14.7 Å². The van der Waals surface area contributed by atoms with Gasteiger partial charge in [0.1, 0.15) is 0 Å². The molecule has 0 N–H and O–H groups in total. The number of para-hydroxylation sites is 4.